The Morgan fingerprint density at radius 3 is 2.58 bits per heavy atom. The molecule has 0 fully saturated rings. The predicted octanol–water partition coefficient (Wildman–Crippen LogP) is 3.74. The summed E-state index contributed by atoms with van der Waals surface area (Å²) in [7, 11) is 0. The van der Waals surface area contributed by atoms with Crippen molar-refractivity contribution in [2.24, 2.45) is 5.92 Å². The Hall–Kier alpha value is -2.63. The first-order valence-electron chi connectivity index (χ1n) is 9.24. The van der Waals surface area contributed by atoms with Gasteiger partial charge in [-0.1, -0.05) is 63.9 Å². The Labute approximate surface area is 154 Å². The van der Waals surface area contributed by atoms with Crippen LogP contribution in [0.4, 0.5) is 5.82 Å². The lowest BCUT2D eigenvalue weighted by Crippen LogP contribution is -2.44. The van der Waals surface area contributed by atoms with Gasteiger partial charge in [-0.25, -0.2) is 0 Å². The Balaban J connectivity index is 1.99. The molecule has 3 N–H and O–H groups in total. The topological polar surface area (TPSA) is 86.9 Å². The molecule has 6 nitrogen and oxygen atoms in total. The fraction of sp³-hybridized carbons (Fsp3) is 0.450. The number of nitrogens with one attached hydrogen (secondary N) is 3. The first-order valence-corrected chi connectivity index (χ1v) is 9.24. The summed E-state index contributed by atoms with van der Waals surface area (Å²) in [5, 5.41) is 12.7. The van der Waals surface area contributed by atoms with Crippen molar-refractivity contribution in [3.63, 3.8) is 0 Å². The lowest BCUT2D eigenvalue weighted by Gasteiger charge is -2.18. The number of carbonyl (C=O) groups is 2. The molecule has 0 saturated carbocycles. The molecule has 6 heteroatoms. The van der Waals surface area contributed by atoms with Gasteiger partial charge >= 0.3 is 0 Å². The van der Waals surface area contributed by atoms with E-state index >= 15 is 0 Å². The number of carbonyl (C=O) groups excluding carboxylic acids is 2. The summed E-state index contributed by atoms with van der Waals surface area (Å²) >= 11 is 0. The molecule has 0 saturated heterocycles. The van der Waals surface area contributed by atoms with Crippen LogP contribution in [-0.4, -0.2) is 28.1 Å². The second-order valence-corrected chi connectivity index (χ2v) is 6.65. The summed E-state index contributed by atoms with van der Waals surface area (Å²) in [6.07, 6.45) is 2.77. The summed E-state index contributed by atoms with van der Waals surface area (Å²) in [4.78, 5) is 24.7. The van der Waals surface area contributed by atoms with Crippen molar-refractivity contribution in [2.45, 2.75) is 52.5 Å². The number of aromatic nitrogens is 2. The second-order valence-electron chi connectivity index (χ2n) is 6.65. The van der Waals surface area contributed by atoms with E-state index in [4.69, 9.17) is 0 Å². The molecule has 0 aliphatic heterocycles. The van der Waals surface area contributed by atoms with Gasteiger partial charge in [-0.15, -0.1) is 0 Å². The SMILES string of the molecule is CCCC(NC(=O)CC(C)CC)C(=O)Nc1cc(-c2ccccc2)[nH]n1. The maximum Gasteiger partial charge on any atom is 0.248 e. The van der Waals surface area contributed by atoms with Gasteiger partial charge in [0.1, 0.15) is 6.04 Å². The molecule has 2 atom stereocenters. The summed E-state index contributed by atoms with van der Waals surface area (Å²) in [6, 6.07) is 11.0. The Morgan fingerprint density at radius 1 is 1.19 bits per heavy atom. The van der Waals surface area contributed by atoms with Crippen LogP contribution in [0.2, 0.25) is 0 Å². The van der Waals surface area contributed by atoms with Gasteiger partial charge in [-0.05, 0) is 17.9 Å². The van der Waals surface area contributed by atoms with Crippen molar-refractivity contribution < 1.29 is 9.59 Å². The molecule has 0 aliphatic carbocycles. The molecular formula is C20H28N4O2. The van der Waals surface area contributed by atoms with Crippen molar-refractivity contribution in [1.29, 1.82) is 0 Å². The van der Waals surface area contributed by atoms with Gasteiger partial charge in [-0.3, -0.25) is 14.7 Å². The zero-order valence-electron chi connectivity index (χ0n) is 15.7. The van der Waals surface area contributed by atoms with Crippen LogP contribution in [0, 0.1) is 5.92 Å². The first-order chi connectivity index (χ1) is 12.5. The molecule has 2 rings (SSSR count). The van der Waals surface area contributed by atoms with Crippen LogP contribution in [0.25, 0.3) is 11.3 Å². The van der Waals surface area contributed by atoms with Gasteiger partial charge in [0.2, 0.25) is 11.8 Å². The molecular weight excluding hydrogens is 328 g/mol. The highest BCUT2D eigenvalue weighted by atomic mass is 16.2. The zero-order valence-corrected chi connectivity index (χ0v) is 15.7. The molecule has 2 unspecified atom stereocenters. The molecule has 0 spiro atoms. The molecule has 1 aromatic heterocycles. The minimum atomic E-state index is -0.548. The van der Waals surface area contributed by atoms with Crippen molar-refractivity contribution in [2.75, 3.05) is 5.32 Å². The highest BCUT2D eigenvalue weighted by Crippen LogP contribution is 2.19. The van der Waals surface area contributed by atoms with Crippen LogP contribution in [0.5, 0.6) is 0 Å². The largest absolute Gasteiger partial charge is 0.344 e. The number of nitrogens with zero attached hydrogens (tertiary/aromatic N) is 1. The smallest absolute Gasteiger partial charge is 0.248 e. The summed E-state index contributed by atoms with van der Waals surface area (Å²) < 4.78 is 0. The molecule has 0 bridgehead atoms. The lowest BCUT2D eigenvalue weighted by molar-refractivity contribution is -0.127. The number of rotatable bonds is 9. The van der Waals surface area contributed by atoms with E-state index in [1.165, 1.54) is 0 Å². The number of hydrogen-bond donors (Lipinski definition) is 3. The van der Waals surface area contributed by atoms with Gasteiger partial charge < -0.3 is 10.6 Å². The highest BCUT2D eigenvalue weighted by Gasteiger charge is 2.21. The molecule has 1 aromatic carbocycles. The average Bonchev–Trinajstić information content (AvgIpc) is 3.10. The molecule has 1 heterocycles. The summed E-state index contributed by atoms with van der Waals surface area (Å²) in [5.41, 5.74) is 1.82. The Bertz CT molecular complexity index is 712. The maximum absolute atomic E-state index is 12.6. The monoisotopic (exact) mass is 356 g/mol. The number of amides is 2. The number of anilines is 1. The van der Waals surface area contributed by atoms with Crippen molar-refractivity contribution in [3.8, 4) is 11.3 Å². The molecule has 26 heavy (non-hydrogen) atoms. The van der Waals surface area contributed by atoms with Crippen LogP contribution < -0.4 is 10.6 Å². The molecule has 0 radical (unpaired) electrons. The van der Waals surface area contributed by atoms with Crippen LogP contribution >= 0.6 is 0 Å². The van der Waals surface area contributed by atoms with E-state index in [1.807, 2.05) is 44.2 Å². The van der Waals surface area contributed by atoms with Gasteiger partial charge in [0.15, 0.2) is 5.82 Å². The third-order valence-electron chi connectivity index (χ3n) is 4.37. The number of hydrogen-bond acceptors (Lipinski definition) is 3. The van der Waals surface area contributed by atoms with E-state index < -0.39 is 6.04 Å². The van der Waals surface area contributed by atoms with Crippen LogP contribution in [0.15, 0.2) is 36.4 Å². The maximum atomic E-state index is 12.6. The average molecular weight is 356 g/mol. The van der Waals surface area contributed by atoms with Gasteiger partial charge in [0.05, 0.1) is 5.69 Å². The van der Waals surface area contributed by atoms with E-state index in [0.717, 1.165) is 24.1 Å². The minimum absolute atomic E-state index is 0.0834. The standard InChI is InChI=1S/C20H28N4O2/c1-4-9-16(21-19(25)12-14(3)5-2)20(26)22-18-13-17(23-24-18)15-10-7-6-8-11-15/h6-8,10-11,13-14,16H,4-5,9,12H2,1-3H3,(H,21,25)(H2,22,23,24,26). The Kier molecular flexibility index (Phi) is 7.38. The molecule has 2 aromatic rings. The van der Waals surface area contributed by atoms with Gasteiger partial charge in [0, 0.05) is 12.5 Å². The molecule has 140 valence electrons. The lowest BCUT2D eigenvalue weighted by atomic mass is 10.0. The van der Waals surface area contributed by atoms with Crippen LogP contribution in [0.1, 0.15) is 46.5 Å². The zero-order chi connectivity index (χ0) is 18.9. The quantitative estimate of drug-likeness (QED) is 0.640. The van der Waals surface area contributed by atoms with Crippen molar-refractivity contribution >= 4 is 17.6 Å². The minimum Gasteiger partial charge on any atom is -0.344 e. The van der Waals surface area contributed by atoms with E-state index in [2.05, 4.69) is 27.8 Å². The number of aromatic amines is 1. The van der Waals surface area contributed by atoms with Crippen LogP contribution in [-0.2, 0) is 9.59 Å². The first kappa shape index (κ1) is 19.7. The summed E-state index contributed by atoms with van der Waals surface area (Å²) in [6.45, 7) is 6.07. The number of benzene rings is 1. The van der Waals surface area contributed by atoms with Gasteiger partial charge in [-0.2, -0.15) is 5.10 Å². The fourth-order valence-corrected chi connectivity index (χ4v) is 2.64. The van der Waals surface area contributed by atoms with Crippen molar-refractivity contribution in [3.05, 3.63) is 36.4 Å². The third kappa shape index (κ3) is 5.72. The molecule has 0 aliphatic rings. The van der Waals surface area contributed by atoms with E-state index in [9.17, 15) is 9.59 Å². The van der Waals surface area contributed by atoms with Crippen LogP contribution in [0.3, 0.4) is 0 Å². The highest BCUT2D eigenvalue weighted by molar-refractivity contribution is 5.96. The van der Waals surface area contributed by atoms with Gasteiger partial charge in [0.25, 0.3) is 0 Å². The van der Waals surface area contributed by atoms with E-state index in [1.54, 1.807) is 6.07 Å². The van der Waals surface area contributed by atoms with E-state index in [-0.39, 0.29) is 11.8 Å². The van der Waals surface area contributed by atoms with E-state index in [0.29, 0.717) is 24.6 Å². The normalized spacial score (nSPS) is 13.0. The van der Waals surface area contributed by atoms with Crippen molar-refractivity contribution in [1.82, 2.24) is 15.5 Å². The predicted molar refractivity (Wildman–Crippen MR) is 104 cm³/mol. The summed E-state index contributed by atoms with van der Waals surface area (Å²) in [5.74, 6) is 0.432. The third-order valence-corrected chi connectivity index (χ3v) is 4.37. The number of H-pyrrole nitrogens is 1. The molecule has 2 amide bonds. The Morgan fingerprint density at radius 2 is 1.92 bits per heavy atom. The second kappa shape index (κ2) is 9.75. The fourth-order valence-electron chi connectivity index (χ4n) is 2.64.